The lowest BCUT2D eigenvalue weighted by molar-refractivity contribution is 0.0762. The molecule has 4 heterocycles. The first kappa shape index (κ1) is 19.0. The van der Waals surface area contributed by atoms with Gasteiger partial charge in [0, 0.05) is 37.9 Å². The van der Waals surface area contributed by atoms with Gasteiger partial charge in [-0.25, -0.2) is 4.98 Å². The van der Waals surface area contributed by atoms with Crippen molar-refractivity contribution in [3.63, 3.8) is 0 Å². The number of hydrogen-bond acceptors (Lipinski definition) is 8. The summed E-state index contributed by atoms with van der Waals surface area (Å²) in [6, 6.07) is 7.66. The van der Waals surface area contributed by atoms with Crippen LogP contribution in [0.25, 0.3) is 11.2 Å². The predicted molar refractivity (Wildman–Crippen MR) is 107 cm³/mol. The first-order valence-electron chi connectivity index (χ1n) is 9.46. The van der Waals surface area contributed by atoms with Gasteiger partial charge in [0.05, 0.1) is 14.2 Å². The molecule has 0 atom stereocenters. The quantitative estimate of drug-likeness (QED) is 0.662. The van der Waals surface area contributed by atoms with E-state index in [1.54, 1.807) is 17.0 Å². The maximum absolute atomic E-state index is 13.1. The number of rotatable bonds is 4. The van der Waals surface area contributed by atoms with Crippen LogP contribution in [0.4, 0.5) is 6.01 Å². The number of methoxy groups -OCH3 is 2. The number of aromatic nitrogens is 3. The van der Waals surface area contributed by atoms with Gasteiger partial charge in [-0.05, 0) is 31.5 Å². The summed E-state index contributed by atoms with van der Waals surface area (Å²) in [5.41, 5.74) is 2.58. The van der Waals surface area contributed by atoms with Crippen LogP contribution in [0.5, 0.6) is 11.8 Å². The number of nitrogens with zero attached hydrogens (tertiary/aromatic N) is 5. The monoisotopic (exact) mass is 397 g/mol. The average molecular weight is 397 g/mol. The molecule has 1 aliphatic heterocycles. The number of carbonyl (C=O) groups is 1. The van der Waals surface area contributed by atoms with Gasteiger partial charge >= 0.3 is 0 Å². The smallest absolute Gasteiger partial charge is 0.300 e. The standard InChI is InChI=1S/C20H23N5O4/c1-13-5-7-15-17(21-13)23-20(29-15)25-10-4-9-24(11-12-25)19(26)14-6-8-16(27-2)22-18(14)28-3/h5-8H,4,9-12H2,1-3H3. The molecule has 1 aliphatic rings. The molecule has 0 saturated carbocycles. The molecule has 0 spiro atoms. The van der Waals surface area contributed by atoms with E-state index >= 15 is 0 Å². The maximum Gasteiger partial charge on any atom is 0.300 e. The van der Waals surface area contributed by atoms with Crippen LogP contribution in [-0.4, -0.2) is 66.2 Å². The summed E-state index contributed by atoms with van der Waals surface area (Å²) in [5.74, 6) is 0.546. The van der Waals surface area contributed by atoms with E-state index in [9.17, 15) is 4.79 Å². The Morgan fingerprint density at radius 3 is 2.66 bits per heavy atom. The second kappa shape index (κ2) is 7.94. The fourth-order valence-corrected chi connectivity index (χ4v) is 3.37. The zero-order valence-corrected chi connectivity index (χ0v) is 16.7. The molecule has 152 valence electrons. The summed E-state index contributed by atoms with van der Waals surface area (Å²) in [7, 11) is 3.02. The van der Waals surface area contributed by atoms with E-state index < -0.39 is 0 Å². The Hall–Kier alpha value is -3.36. The normalized spacial score (nSPS) is 14.7. The number of fused-ring (bicyclic) bond motifs is 1. The van der Waals surface area contributed by atoms with Gasteiger partial charge in [-0.3, -0.25) is 4.79 Å². The first-order chi connectivity index (χ1) is 14.1. The number of oxazole rings is 1. The summed E-state index contributed by atoms with van der Waals surface area (Å²) >= 11 is 0. The zero-order chi connectivity index (χ0) is 20.4. The fourth-order valence-electron chi connectivity index (χ4n) is 3.37. The van der Waals surface area contributed by atoms with E-state index in [-0.39, 0.29) is 11.8 Å². The second-order valence-electron chi connectivity index (χ2n) is 6.81. The van der Waals surface area contributed by atoms with Crippen molar-refractivity contribution >= 4 is 23.2 Å². The van der Waals surface area contributed by atoms with E-state index in [0.717, 1.165) is 18.7 Å². The molecule has 9 heteroatoms. The second-order valence-corrected chi connectivity index (χ2v) is 6.81. The predicted octanol–water partition coefficient (Wildman–Crippen LogP) is 2.30. The van der Waals surface area contributed by atoms with Crippen molar-refractivity contribution in [2.24, 2.45) is 0 Å². The molecular formula is C20H23N5O4. The van der Waals surface area contributed by atoms with Gasteiger partial charge in [0.1, 0.15) is 5.56 Å². The summed E-state index contributed by atoms with van der Waals surface area (Å²) in [5, 5.41) is 0. The lowest BCUT2D eigenvalue weighted by atomic mass is 10.2. The molecular weight excluding hydrogens is 374 g/mol. The van der Waals surface area contributed by atoms with Crippen molar-refractivity contribution in [1.82, 2.24) is 19.9 Å². The molecule has 3 aromatic heterocycles. The Kier molecular flexibility index (Phi) is 5.20. The van der Waals surface area contributed by atoms with Gasteiger partial charge in [-0.1, -0.05) is 0 Å². The van der Waals surface area contributed by atoms with Gasteiger partial charge in [-0.15, -0.1) is 0 Å². The van der Waals surface area contributed by atoms with Crippen molar-refractivity contribution < 1.29 is 18.7 Å². The maximum atomic E-state index is 13.1. The highest BCUT2D eigenvalue weighted by molar-refractivity contribution is 5.96. The molecule has 29 heavy (non-hydrogen) atoms. The minimum Gasteiger partial charge on any atom is -0.481 e. The first-order valence-corrected chi connectivity index (χ1v) is 9.46. The van der Waals surface area contributed by atoms with Crippen LogP contribution in [0.2, 0.25) is 0 Å². The van der Waals surface area contributed by atoms with E-state index in [1.807, 2.05) is 24.0 Å². The van der Waals surface area contributed by atoms with Gasteiger partial charge in [0.2, 0.25) is 17.4 Å². The number of anilines is 1. The van der Waals surface area contributed by atoms with E-state index in [4.69, 9.17) is 13.9 Å². The SMILES string of the molecule is COc1ccc(C(=O)N2CCCN(c3nc4nc(C)ccc4o3)CC2)c(OC)n1. The summed E-state index contributed by atoms with van der Waals surface area (Å²) in [6.45, 7) is 4.45. The average Bonchev–Trinajstić information content (AvgIpc) is 3.00. The Morgan fingerprint density at radius 2 is 1.86 bits per heavy atom. The molecule has 0 bridgehead atoms. The minimum absolute atomic E-state index is 0.117. The van der Waals surface area contributed by atoms with E-state index in [2.05, 4.69) is 15.0 Å². The Bertz CT molecular complexity index is 1030. The number of hydrogen-bond donors (Lipinski definition) is 0. The van der Waals surface area contributed by atoms with Crippen LogP contribution in [0.15, 0.2) is 28.7 Å². The van der Waals surface area contributed by atoms with Gasteiger partial charge in [0.15, 0.2) is 5.58 Å². The lowest BCUT2D eigenvalue weighted by Crippen LogP contribution is -2.35. The molecule has 0 unspecified atom stereocenters. The van der Waals surface area contributed by atoms with Crippen LogP contribution in [0, 0.1) is 6.92 Å². The van der Waals surface area contributed by atoms with Crippen LogP contribution < -0.4 is 14.4 Å². The van der Waals surface area contributed by atoms with Crippen LogP contribution in [-0.2, 0) is 0 Å². The zero-order valence-electron chi connectivity index (χ0n) is 16.7. The Labute approximate surface area is 168 Å². The molecule has 0 N–H and O–H groups in total. The molecule has 1 saturated heterocycles. The van der Waals surface area contributed by atoms with E-state index in [1.165, 1.54) is 14.2 Å². The van der Waals surface area contributed by atoms with Gasteiger partial charge in [0.25, 0.3) is 11.9 Å². The molecule has 0 radical (unpaired) electrons. The number of amides is 1. The lowest BCUT2D eigenvalue weighted by Gasteiger charge is -2.22. The summed E-state index contributed by atoms with van der Waals surface area (Å²) in [6.07, 6.45) is 0.794. The van der Waals surface area contributed by atoms with E-state index in [0.29, 0.717) is 48.3 Å². The Morgan fingerprint density at radius 1 is 1.00 bits per heavy atom. The molecule has 1 amide bonds. The fraction of sp³-hybridized carbons (Fsp3) is 0.400. The van der Waals surface area contributed by atoms with Gasteiger partial charge in [-0.2, -0.15) is 9.97 Å². The molecule has 1 fully saturated rings. The number of aryl methyl sites for hydroxylation is 1. The third-order valence-corrected chi connectivity index (χ3v) is 4.90. The largest absolute Gasteiger partial charge is 0.481 e. The number of ether oxygens (including phenoxy) is 2. The number of pyridine rings is 2. The topological polar surface area (TPSA) is 93.8 Å². The highest BCUT2D eigenvalue weighted by Gasteiger charge is 2.25. The molecule has 0 aromatic carbocycles. The highest BCUT2D eigenvalue weighted by Crippen LogP contribution is 2.24. The molecule has 9 nitrogen and oxygen atoms in total. The highest BCUT2D eigenvalue weighted by atomic mass is 16.5. The third kappa shape index (κ3) is 3.80. The number of carbonyl (C=O) groups excluding carboxylic acids is 1. The van der Waals surface area contributed by atoms with Crippen LogP contribution >= 0.6 is 0 Å². The molecule has 0 aliphatic carbocycles. The van der Waals surface area contributed by atoms with Crippen molar-refractivity contribution in [3.05, 3.63) is 35.5 Å². The van der Waals surface area contributed by atoms with Crippen LogP contribution in [0.3, 0.4) is 0 Å². The van der Waals surface area contributed by atoms with Crippen molar-refractivity contribution in [2.45, 2.75) is 13.3 Å². The van der Waals surface area contributed by atoms with Crippen molar-refractivity contribution in [3.8, 4) is 11.8 Å². The van der Waals surface area contributed by atoms with Crippen molar-refractivity contribution in [2.75, 3.05) is 45.3 Å². The molecule has 4 rings (SSSR count). The van der Waals surface area contributed by atoms with Gasteiger partial charge < -0.3 is 23.7 Å². The Balaban J connectivity index is 1.50. The summed E-state index contributed by atoms with van der Waals surface area (Å²) in [4.78, 5) is 30.0. The van der Waals surface area contributed by atoms with Crippen molar-refractivity contribution in [1.29, 1.82) is 0 Å². The van der Waals surface area contributed by atoms with Crippen LogP contribution in [0.1, 0.15) is 22.5 Å². The minimum atomic E-state index is -0.117. The molecule has 3 aromatic rings. The third-order valence-electron chi connectivity index (χ3n) is 4.90. The summed E-state index contributed by atoms with van der Waals surface area (Å²) < 4.78 is 16.3.